The van der Waals surface area contributed by atoms with Crippen LogP contribution in [-0.2, 0) is 11.3 Å². The fraction of sp³-hybridized carbons (Fsp3) is 0.462. The van der Waals surface area contributed by atoms with E-state index >= 15 is 0 Å². The third-order valence-electron chi connectivity index (χ3n) is 3.32. The van der Waals surface area contributed by atoms with Gasteiger partial charge >= 0.3 is 29.6 Å². The van der Waals surface area contributed by atoms with Gasteiger partial charge in [0.05, 0.1) is 0 Å². The Morgan fingerprint density at radius 2 is 1.83 bits per heavy atom. The smallest absolute Gasteiger partial charge is 0.872 e. The van der Waals surface area contributed by atoms with Crippen LogP contribution in [0.5, 0.6) is 5.75 Å². The number of likely N-dealkylation sites (tertiary alicyclic amines) is 1. The van der Waals surface area contributed by atoms with Gasteiger partial charge in [-0.05, 0) is 31.5 Å². The van der Waals surface area contributed by atoms with Gasteiger partial charge in [0, 0.05) is 12.5 Å². The minimum absolute atomic E-state index is 0. The summed E-state index contributed by atoms with van der Waals surface area (Å²) < 4.78 is 0. The second-order valence-corrected chi connectivity index (χ2v) is 4.60. The first-order chi connectivity index (χ1) is 8.15. The second kappa shape index (κ2) is 7.14. The molecule has 1 aliphatic rings. The molecule has 92 valence electrons. The van der Waals surface area contributed by atoms with Gasteiger partial charge in [-0.15, -0.1) is 5.75 Å². The van der Waals surface area contributed by atoms with Gasteiger partial charge in [0.25, 0.3) is 0 Å². The summed E-state index contributed by atoms with van der Waals surface area (Å²) in [7, 11) is 0. The van der Waals surface area contributed by atoms with Crippen molar-refractivity contribution in [1.29, 1.82) is 0 Å². The summed E-state index contributed by atoms with van der Waals surface area (Å²) in [6, 6.07) is 6.90. The number of amides is 1. The Bertz CT molecular complexity index is 386. The topological polar surface area (TPSA) is 69.4 Å². The van der Waals surface area contributed by atoms with Crippen molar-refractivity contribution in [2.24, 2.45) is 11.7 Å². The minimum Gasteiger partial charge on any atom is -0.872 e. The van der Waals surface area contributed by atoms with Crippen molar-refractivity contribution >= 4 is 5.91 Å². The third kappa shape index (κ3) is 4.28. The fourth-order valence-electron chi connectivity index (χ4n) is 2.23. The van der Waals surface area contributed by atoms with Crippen LogP contribution in [0.4, 0.5) is 0 Å². The molecule has 0 bridgehead atoms. The third-order valence-corrected chi connectivity index (χ3v) is 3.32. The van der Waals surface area contributed by atoms with Crippen LogP contribution in [-0.4, -0.2) is 23.9 Å². The molecule has 1 aromatic carbocycles. The van der Waals surface area contributed by atoms with Crippen LogP contribution in [0.15, 0.2) is 24.3 Å². The molecular weight excluding hydrogens is 239 g/mol. The molecule has 2 N–H and O–H groups in total. The number of nitrogens with zero attached hydrogens (tertiary/aromatic N) is 1. The molecule has 0 aromatic heterocycles. The van der Waals surface area contributed by atoms with Crippen LogP contribution in [0.1, 0.15) is 18.4 Å². The van der Waals surface area contributed by atoms with Gasteiger partial charge in [-0.1, -0.05) is 24.3 Å². The Kier molecular flexibility index (Phi) is 6.15. The van der Waals surface area contributed by atoms with E-state index < -0.39 is 0 Å². The standard InChI is InChI=1S/C13H18N2O2.Na/c14-13(17)11-5-7-15(8-6-11)9-10-1-3-12(16)4-2-10;/h1-4,11,16H,5-9H2,(H2,14,17);/q;+1/p-1. The SMILES string of the molecule is NC(=O)C1CCN(Cc2ccc([O-])cc2)CC1.[Na+]. The average molecular weight is 256 g/mol. The van der Waals surface area contributed by atoms with E-state index in [1.165, 1.54) is 0 Å². The number of carbonyl (C=O) groups excluding carboxylic acids is 1. The van der Waals surface area contributed by atoms with E-state index in [-0.39, 0.29) is 47.1 Å². The van der Waals surface area contributed by atoms with Gasteiger partial charge < -0.3 is 10.8 Å². The zero-order valence-electron chi connectivity index (χ0n) is 10.8. The van der Waals surface area contributed by atoms with E-state index in [1.54, 1.807) is 12.1 Å². The molecule has 0 aliphatic carbocycles. The predicted molar refractivity (Wildman–Crippen MR) is 63.1 cm³/mol. The van der Waals surface area contributed by atoms with Crippen molar-refractivity contribution in [2.75, 3.05) is 13.1 Å². The van der Waals surface area contributed by atoms with E-state index in [0.717, 1.165) is 38.0 Å². The number of hydrogen-bond donors (Lipinski definition) is 1. The molecule has 0 radical (unpaired) electrons. The van der Waals surface area contributed by atoms with Gasteiger partial charge in [0.15, 0.2) is 0 Å². The summed E-state index contributed by atoms with van der Waals surface area (Å²) in [5, 5.41) is 11.0. The maximum Gasteiger partial charge on any atom is 1.00 e. The molecule has 1 fully saturated rings. The summed E-state index contributed by atoms with van der Waals surface area (Å²) in [6.07, 6.45) is 1.68. The van der Waals surface area contributed by atoms with Gasteiger partial charge in [-0.3, -0.25) is 9.69 Å². The van der Waals surface area contributed by atoms with Crippen LogP contribution in [0.25, 0.3) is 0 Å². The summed E-state index contributed by atoms with van der Waals surface area (Å²) in [5.74, 6) is -0.100. The molecule has 1 heterocycles. The van der Waals surface area contributed by atoms with Crippen LogP contribution < -0.4 is 40.4 Å². The Hall–Kier alpha value is -0.550. The number of benzene rings is 1. The summed E-state index contributed by atoms with van der Waals surface area (Å²) in [4.78, 5) is 13.3. The number of carbonyl (C=O) groups is 1. The Morgan fingerprint density at radius 3 is 2.33 bits per heavy atom. The largest absolute Gasteiger partial charge is 1.00 e. The van der Waals surface area contributed by atoms with Crippen molar-refractivity contribution in [1.82, 2.24) is 4.90 Å². The van der Waals surface area contributed by atoms with E-state index in [4.69, 9.17) is 5.73 Å². The van der Waals surface area contributed by atoms with E-state index in [9.17, 15) is 9.90 Å². The van der Waals surface area contributed by atoms with Crippen molar-refractivity contribution < 1.29 is 39.5 Å². The molecule has 1 aliphatic heterocycles. The molecule has 1 aromatic rings. The molecule has 0 atom stereocenters. The number of nitrogens with two attached hydrogens (primary N) is 1. The molecule has 0 saturated carbocycles. The molecule has 4 nitrogen and oxygen atoms in total. The second-order valence-electron chi connectivity index (χ2n) is 4.60. The Morgan fingerprint density at radius 1 is 1.28 bits per heavy atom. The quantitative estimate of drug-likeness (QED) is 0.606. The Labute approximate surface area is 129 Å². The molecule has 2 rings (SSSR count). The number of piperidine rings is 1. The zero-order chi connectivity index (χ0) is 12.3. The molecule has 1 amide bonds. The molecule has 5 heteroatoms. The van der Waals surface area contributed by atoms with Gasteiger partial charge in [0.2, 0.25) is 5.91 Å². The average Bonchev–Trinajstić information content (AvgIpc) is 2.33. The number of rotatable bonds is 3. The van der Waals surface area contributed by atoms with Crippen molar-refractivity contribution in [2.45, 2.75) is 19.4 Å². The van der Waals surface area contributed by atoms with Crippen molar-refractivity contribution in [3.05, 3.63) is 29.8 Å². The van der Waals surface area contributed by atoms with E-state index in [0.29, 0.717) is 0 Å². The van der Waals surface area contributed by atoms with Crippen LogP contribution in [0, 0.1) is 5.92 Å². The maximum absolute atomic E-state index is 11.0. The maximum atomic E-state index is 11.0. The summed E-state index contributed by atoms with van der Waals surface area (Å²) in [6.45, 7) is 2.63. The first-order valence-electron chi connectivity index (χ1n) is 5.93. The number of primary amides is 1. The van der Waals surface area contributed by atoms with Crippen molar-refractivity contribution in [3.63, 3.8) is 0 Å². The molecular formula is C13H17N2NaO2. The molecule has 0 unspecified atom stereocenters. The summed E-state index contributed by atoms with van der Waals surface area (Å²) in [5.41, 5.74) is 6.43. The molecule has 1 saturated heterocycles. The van der Waals surface area contributed by atoms with E-state index in [2.05, 4.69) is 4.90 Å². The van der Waals surface area contributed by atoms with Crippen LogP contribution >= 0.6 is 0 Å². The first kappa shape index (κ1) is 15.5. The molecule has 18 heavy (non-hydrogen) atoms. The minimum atomic E-state index is -0.180. The van der Waals surface area contributed by atoms with E-state index in [1.807, 2.05) is 12.1 Å². The normalized spacial score (nSPS) is 17.1. The van der Waals surface area contributed by atoms with Gasteiger partial charge in [0.1, 0.15) is 0 Å². The Balaban J connectivity index is 0.00000162. The van der Waals surface area contributed by atoms with Crippen LogP contribution in [0.3, 0.4) is 0 Å². The number of hydrogen-bond acceptors (Lipinski definition) is 3. The van der Waals surface area contributed by atoms with Gasteiger partial charge in [-0.25, -0.2) is 0 Å². The zero-order valence-corrected chi connectivity index (χ0v) is 12.8. The summed E-state index contributed by atoms with van der Waals surface area (Å²) >= 11 is 0. The van der Waals surface area contributed by atoms with Crippen LogP contribution in [0.2, 0.25) is 0 Å². The monoisotopic (exact) mass is 256 g/mol. The van der Waals surface area contributed by atoms with Crippen molar-refractivity contribution in [3.8, 4) is 5.75 Å². The van der Waals surface area contributed by atoms with Gasteiger partial charge in [-0.2, -0.15) is 0 Å². The fourth-order valence-corrected chi connectivity index (χ4v) is 2.23. The predicted octanol–water partition coefficient (Wildman–Crippen LogP) is -2.54. The first-order valence-corrected chi connectivity index (χ1v) is 5.93. The molecule has 0 spiro atoms.